The summed E-state index contributed by atoms with van der Waals surface area (Å²) in [6.07, 6.45) is 3.32. The highest BCUT2D eigenvalue weighted by atomic mass is 35.5. The van der Waals surface area contributed by atoms with Crippen LogP contribution in [0.5, 0.6) is 5.75 Å². The number of fused-ring (bicyclic) bond motifs is 1. The van der Waals surface area contributed by atoms with Crippen LogP contribution in [0.4, 0.5) is 0 Å². The number of nitrogens with zero attached hydrogens (tertiary/aromatic N) is 2. The van der Waals surface area contributed by atoms with Crippen molar-refractivity contribution in [3.05, 3.63) is 124 Å². The number of methoxy groups -OCH3 is 1. The highest BCUT2D eigenvalue weighted by Crippen LogP contribution is 2.43. The summed E-state index contributed by atoms with van der Waals surface area (Å²) in [5.74, 6) is 0.586. The van der Waals surface area contributed by atoms with Gasteiger partial charge in [0.25, 0.3) is 0 Å². The summed E-state index contributed by atoms with van der Waals surface area (Å²) >= 11 is 12.9. The van der Waals surface area contributed by atoms with Gasteiger partial charge in [-0.1, -0.05) is 77.8 Å². The van der Waals surface area contributed by atoms with Gasteiger partial charge in [0.1, 0.15) is 16.5 Å². The van der Waals surface area contributed by atoms with E-state index in [-0.39, 0.29) is 0 Å². The third-order valence-electron chi connectivity index (χ3n) is 5.90. The van der Waals surface area contributed by atoms with Crippen LogP contribution in [0.2, 0.25) is 10.2 Å². The molecule has 2 aromatic heterocycles. The van der Waals surface area contributed by atoms with Crippen LogP contribution < -0.4 is 4.74 Å². The number of ether oxygens (including phenoxy) is 1. The van der Waals surface area contributed by atoms with E-state index in [4.69, 9.17) is 27.9 Å². The Morgan fingerprint density at radius 1 is 0.824 bits per heavy atom. The molecule has 5 rings (SSSR count). The molecule has 0 radical (unpaired) electrons. The second-order valence-corrected chi connectivity index (χ2v) is 8.67. The van der Waals surface area contributed by atoms with Crippen molar-refractivity contribution < 1.29 is 9.84 Å². The van der Waals surface area contributed by atoms with Gasteiger partial charge in [0.2, 0.25) is 0 Å². The van der Waals surface area contributed by atoms with Crippen LogP contribution in [0.15, 0.2) is 97.3 Å². The second-order valence-electron chi connectivity index (χ2n) is 7.87. The third-order valence-corrected chi connectivity index (χ3v) is 6.41. The highest BCUT2D eigenvalue weighted by molar-refractivity contribution is 6.33. The quantitative estimate of drug-likeness (QED) is 0.274. The zero-order valence-corrected chi connectivity index (χ0v) is 19.8. The van der Waals surface area contributed by atoms with Gasteiger partial charge in [-0.25, -0.2) is 4.98 Å². The van der Waals surface area contributed by atoms with E-state index in [1.165, 1.54) is 0 Å². The molecule has 0 bridgehead atoms. The third kappa shape index (κ3) is 3.80. The number of aromatic nitrogens is 2. The molecule has 6 heteroatoms. The lowest BCUT2D eigenvalue weighted by atomic mass is 9.80. The molecule has 1 unspecified atom stereocenters. The molecule has 0 aliphatic heterocycles. The van der Waals surface area contributed by atoms with Gasteiger partial charge in [0.05, 0.1) is 18.2 Å². The summed E-state index contributed by atoms with van der Waals surface area (Å²) in [5, 5.41) is 13.8. The minimum absolute atomic E-state index is 0.348. The molecule has 2 heterocycles. The average Bonchev–Trinajstić information content (AvgIpc) is 2.88. The van der Waals surface area contributed by atoms with Crippen LogP contribution in [0.25, 0.3) is 22.0 Å². The molecule has 0 aliphatic rings. The molecular formula is C28H20Cl2N2O2. The van der Waals surface area contributed by atoms with Crippen molar-refractivity contribution in [1.29, 1.82) is 0 Å². The average molecular weight is 487 g/mol. The van der Waals surface area contributed by atoms with E-state index in [2.05, 4.69) is 9.97 Å². The summed E-state index contributed by atoms with van der Waals surface area (Å²) in [6.45, 7) is 0. The van der Waals surface area contributed by atoms with E-state index in [1.54, 1.807) is 37.7 Å². The van der Waals surface area contributed by atoms with Gasteiger partial charge in [-0.15, -0.1) is 0 Å². The fraction of sp³-hybridized carbons (Fsp3) is 0.0714. The molecule has 168 valence electrons. The Morgan fingerprint density at radius 3 is 2.29 bits per heavy atom. The molecule has 34 heavy (non-hydrogen) atoms. The fourth-order valence-electron chi connectivity index (χ4n) is 4.29. The predicted octanol–water partition coefficient (Wildman–Crippen LogP) is 6.90. The Labute approximate surface area is 207 Å². The monoisotopic (exact) mass is 486 g/mol. The molecule has 0 fully saturated rings. The zero-order chi connectivity index (χ0) is 23.7. The van der Waals surface area contributed by atoms with Gasteiger partial charge >= 0.3 is 0 Å². The summed E-state index contributed by atoms with van der Waals surface area (Å²) in [5.41, 5.74) is 2.59. The predicted molar refractivity (Wildman–Crippen MR) is 137 cm³/mol. The molecule has 1 N–H and O–H groups in total. The van der Waals surface area contributed by atoms with Crippen molar-refractivity contribution in [2.45, 2.75) is 5.60 Å². The highest BCUT2D eigenvalue weighted by Gasteiger charge is 2.35. The topological polar surface area (TPSA) is 55.2 Å². The van der Waals surface area contributed by atoms with Crippen molar-refractivity contribution in [2.24, 2.45) is 0 Å². The van der Waals surface area contributed by atoms with Gasteiger partial charge in [-0.05, 0) is 47.0 Å². The van der Waals surface area contributed by atoms with Gasteiger partial charge in [-0.3, -0.25) is 4.98 Å². The Hall–Kier alpha value is -3.44. The van der Waals surface area contributed by atoms with Gasteiger partial charge in [-0.2, -0.15) is 0 Å². The van der Waals surface area contributed by atoms with Crippen molar-refractivity contribution in [2.75, 3.05) is 7.11 Å². The Balaban J connectivity index is 1.81. The van der Waals surface area contributed by atoms with Gasteiger partial charge in [0.15, 0.2) is 0 Å². The van der Waals surface area contributed by atoms with E-state index < -0.39 is 5.60 Å². The first-order chi connectivity index (χ1) is 16.5. The maximum Gasteiger partial charge on any atom is 0.142 e. The van der Waals surface area contributed by atoms with Crippen LogP contribution in [0.1, 0.15) is 16.7 Å². The number of hydrogen-bond donors (Lipinski definition) is 1. The molecule has 5 aromatic rings. The van der Waals surface area contributed by atoms with Crippen LogP contribution in [0, 0.1) is 0 Å². The largest absolute Gasteiger partial charge is 0.495 e. The van der Waals surface area contributed by atoms with Crippen LogP contribution >= 0.6 is 23.2 Å². The molecular weight excluding hydrogens is 467 g/mol. The van der Waals surface area contributed by atoms with Crippen LogP contribution in [-0.4, -0.2) is 22.2 Å². The lowest BCUT2D eigenvalue weighted by molar-refractivity contribution is 0.125. The molecule has 0 spiro atoms. The van der Waals surface area contributed by atoms with Crippen molar-refractivity contribution >= 4 is 34.1 Å². The zero-order valence-electron chi connectivity index (χ0n) is 18.2. The first kappa shape index (κ1) is 22.4. The molecule has 4 nitrogen and oxygen atoms in total. The molecule has 0 aliphatic carbocycles. The first-order valence-electron chi connectivity index (χ1n) is 10.6. The second kappa shape index (κ2) is 9.07. The van der Waals surface area contributed by atoms with Gasteiger partial charge < -0.3 is 9.84 Å². The van der Waals surface area contributed by atoms with Crippen LogP contribution in [0.3, 0.4) is 0 Å². The minimum Gasteiger partial charge on any atom is -0.495 e. The minimum atomic E-state index is -1.51. The normalized spacial score (nSPS) is 12.9. The van der Waals surface area contributed by atoms with Crippen molar-refractivity contribution in [1.82, 2.24) is 9.97 Å². The summed E-state index contributed by atoms with van der Waals surface area (Å²) in [7, 11) is 1.61. The summed E-state index contributed by atoms with van der Waals surface area (Å²) in [6, 6.07) is 26.1. The van der Waals surface area contributed by atoms with E-state index in [9.17, 15) is 5.11 Å². The number of aliphatic hydroxyl groups is 1. The number of rotatable bonds is 5. The number of halogens is 2. The maximum absolute atomic E-state index is 12.2. The van der Waals surface area contributed by atoms with Crippen molar-refractivity contribution in [3.8, 4) is 16.9 Å². The number of benzene rings is 3. The van der Waals surface area contributed by atoms with Crippen molar-refractivity contribution in [3.63, 3.8) is 0 Å². The molecule has 3 aromatic carbocycles. The Bertz CT molecular complexity index is 1480. The molecule has 1 atom stereocenters. The Morgan fingerprint density at radius 2 is 1.59 bits per heavy atom. The maximum atomic E-state index is 12.2. The number of hydrogen-bond acceptors (Lipinski definition) is 4. The summed E-state index contributed by atoms with van der Waals surface area (Å²) in [4.78, 5) is 8.85. The van der Waals surface area contributed by atoms with E-state index in [0.29, 0.717) is 43.7 Å². The van der Waals surface area contributed by atoms with E-state index >= 15 is 0 Å². The van der Waals surface area contributed by atoms with Crippen LogP contribution in [-0.2, 0) is 5.60 Å². The fourth-order valence-corrected chi connectivity index (χ4v) is 4.76. The van der Waals surface area contributed by atoms with E-state index in [0.717, 1.165) is 10.9 Å². The van der Waals surface area contributed by atoms with E-state index in [1.807, 2.05) is 66.7 Å². The smallest absolute Gasteiger partial charge is 0.142 e. The lowest BCUT2D eigenvalue weighted by Gasteiger charge is -2.30. The molecule has 0 amide bonds. The standard InChI is InChI=1S/C28H20Cl2N2O2/c1-34-26-23-16-20(12-13-24(23)32-27(30)25(26)18-7-3-2-4-8-18)28(33,21-10-6-14-31-17-21)19-9-5-11-22(29)15-19/h2-17,33H,1H3. The SMILES string of the molecule is COc1c(-c2ccccc2)c(Cl)nc2ccc(C(O)(c3cccnc3)c3cccc(Cl)c3)cc12. The molecule has 0 saturated heterocycles. The van der Waals surface area contributed by atoms with Gasteiger partial charge in [0, 0.05) is 28.4 Å². The first-order valence-corrected chi connectivity index (χ1v) is 11.4. The lowest BCUT2D eigenvalue weighted by Crippen LogP contribution is -2.29. The number of pyridine rings is 2. The molecule has 0 saturated carbocycles. The Kier molecular flexibility index (Phi) is 5.96. The summed E-state index contributed by atoms with van der Waals surface area (Å²) < 4.78 is 5.85.